The number of Topliss-reactive ketones (excluding diaryl/α,β-unsaturated/α-hetero) is 1. The van der Waals surface area contributed by atoms with Gasteiger partial charge in [0.1, 0.15) is 5.78 Å². The van der Waals surface area contributed by atoms with Gasteiger partial charge in [-0.05, 0) is 55.7 Å². The molecule has 1 aliphatic rings. The van der Waals surface area contributed by atoms with Crippen molar-refractivity contribution >= 4 is 11.7 Å². The number of carbonyl (C=O) groups excluding carboxylic acids is 2. The third-order valence-corrected chi connectivity index (χ3v) is 4.99. The van der Waals surface area contributed by atoms with Crippen molar-refractivity contribution in [3.05, 3.63) is 35.4 Å². The number of benzene rings is 1. The van der Waals surface area contributed by atoms with E-state index in [-0.39, 0.29) is 17.7 Å². The lowest BCUT2D eigenvalue weighted by atomic mass is 9.78. The molecule has 0 spiro atoms. The maximum atomic E-state index is 12.2. The molecular weight excluding hydrogens is 286 g/mol. The van der Waals surface area contributed by atoms with E-state index in [4.69, 9.17) is 0 Å². The van der Waals surface area contributed by atoms with Gasteiger partial charge in [0.25, 0.3) is 5.91 Å². The molecule has 3 nitrogen and oxygen atoms in total. The number of nitrogens with one attached hydrogen (secondary N) is 1. The standard InChI is InChI=1S/C20H29NO2/c1-4-15-5-11-18(12-6-15)20(23)21-13-16-7-9-17(10-8-16)19(22)14(2)3/h5-6,11-12,14,16-17H,4,7-10,13H2,1-3H3,(H,21,23)/t16-,17-. The van der Waals surface area contributed by atoms with Crippen LogP contribution in [0.4, 0.5) is 0 Å². The van der Waals surface area contributed by atoms with Gasteiger partial charge in [-0.15, -0.1) is 0 Å². The lowest BCUT2D eigenvalue weighted by Crippen LogP contribution is -2.33. The van der Waals surface area contributed by atoms with E-state index in [9.17, 15) is 9.59 Å². The van der Waals surface area contributed by atoms with Crippen molar-refractivity contribution in [2.45, 2.75) is 52.9 Å². The molecule has 1 aromatic carbocycles. The Kier molecular flexibility index (Phi) is 6.37. The number of hydrogen-bond donors (Lipinski definition) is 1. The monoisotopic (exact) mass is 315 g/mol. The van der Waals surface area contributed by atoms with Crippen LogP contribution in [0.15, 0.2) is 24.3 Å². The fourth-order valence-electron chi connectivity index (χ4n) is 3.35. The predicted molar refractivity (Wildman–Crippen MR) is 93.4 cm³/mol. The first-order valence-corrected chi connectivity index (χ1v) is 8.92. The molecule has 2 rings (SSSR count). The molecule has 1 N–H and O–H groups in total. The Morgan fingerprint density at radius 1 is 1.09 bits per heavy atom. The smallest absolute Gasteiger partial charge is 0.251 e. The lowest BCUT2D eigenvalue weighted by Gasteiger charge is -2.28. The Bertz CT molecular complexity index is 525. The third-order valence-electron chi connectivity index (χ3n) is 4.99. The minimum atomic E-state index is 0.00744. The molecule has 0 aromatic heterocycles. The molecule has 0 radical (unpaired) electrons. The molecule has 1 fully saturated rings. The van der Waals surface area contributed by atoms with Crippen LogP contribution in [0.25, 0.3) is 0 Å². The molecule has 0 atom stereocenters. The summed E-state index contributed by atoms with van der Waals surface area (Å²) in [5.74, 6) is 1.30. The zero-order chi connectivity index (χ0) is 16.8. The maximum Gasteiger partial charge on any atom is 0.251 e. The summed E-state index contributed by atoms with van der Waals surface area (Å²) in [6.45, 7) is 6.79. The van der Waals surface area contributed by atoms with E-state index in [1.807, 2.05) is 38.1 Å². The summed E-state index contributed by atoms with van der Waals surface area (Å²) in [7, 11) is 0. The molecule has 3 heteroatoms. The van der Waals surface area contributed by atoms with Crippen LogP contribution in [0.2, 0.25) is 0 Å². The SMILES string of the molecule is CCc1ccc(C(=O)NC[C@H]2CC[C@H](C(=O)C(C)C)CC2)cc1. The Morgan fingerprint density at radius 3 is 2.22 bits per heavy atom. The largest absolute Gasteiger partial charge is 0.352 e. The zero-order valence-corrected chi connectivity index (χ0v) is 14.6. The average Bonchev–Trinajstić information content (AvgIpc) is 2.59. The first kappa shape index (κ1) is 17.7. The summed E-state index contributed by atoms with van der Waals surface area (Å²) in [5.41, 5.74) is 1.97. The highest BCUT2D eigenvalue weighted by Gasteiger charge is 2.27. The van der Waals surface area contributed by atoms with Crippen molar-refractivity contribution in [1.82, 2.24) is 5.32 Å². The number of rotatable bonds is 6. The highest BCUT2D eigenvalue weighted by atomic mass is 16.1. The Hall–Kier alpha value is -1.64. The van der Waals surface area contributed by atoms with Gasteiger partial charge in [0.15, 0.2) is 0 Å². The lowest BCUT2D eigenvalue weighted by molar-refractivity contribution is -0.127. The Morgan fingerprint density at radius 2 is 1.70 bits per heavy atom. The zero-order valence-electron chi connectivity index (χ0n) is 14.6. The first-order valence-electron chi connectivity index (χ1n) is 8.92. The molecule has 0 unspecified atom stereocenters. The van der Waals surface area contributed by atoms with E-state index in [1.54, 1.807) is 0 Å². The van der Waals surface area contributed by atoms with Gasteiger partial charge in [0.2, 0.25) is 0 Å². The van der Waals surface area contributed by atoms with Gasteiger partial charge >= 0.3 is 0 Å². The van der Waals surface area contributed by atoms with E-state index >= 15 is 0 Å². The van der Waals surface area contributed by atoms with Crippen molar-refractivity contribution in [3.63, 3.8) is 0 Å². The molecule has 1 amide bonds. The van der Waals surface area contributed by atoms with Gasteiger partial charge in [0, 0.05) is 23.9 Å². The van der Waals surface area contributed by atoms with Crippen LogP contribution >= 0.6 is 0 Å². The predicted octanol–water partition coefficient (Wildman–Crippen LogP) is 4.01. The molecule has 1 aliphatic carbocycles. The molecule has 0 heterocycles. The van der Waals surface area contributed by atoms with Gasteiger partial charge in [-0.1, -0.05) is 32.9 Å². The molecule has 1 aromatic rings. The summed E-state index contributed by atoms with van der Waals surface area (Å²) >= 11 is 0. The number of ketones is 1. The quantitative estimate of drug-likeness (QED) is 0.862. The third kappa shape index (κ3) is 4.92. The van der Waals surface area contributed by atoms with Crippen molar-refractivity contribution < 1.29 is 9.59 Å². The first-order chi connectivity index (χ1) is 11.0. The van der Waals surface area contributed by atoms with Crippen molar-refractivity contribution in [2.24, 2.45) is 17.8 Å². The minimum absolute atomic E-state index is 0.00744. The van der Waals surface area contributed by atoms with Crippen molar-refractivity contribution in [2.75, 3.05) is 6.54 Å². The Balaban J connectivity index is 1.76. The molecule has 0 saturated heterocycles. The molecule has 0 bridgehead atoms. The summed E-state index contributed by atoms with van der Waals surface area (Å²) < 4.78 is 0. The van der Waals surface area contributed by atoms with E-state index in [0.717, 1.165) is 44.2 Å². The number of amides is 1. The van der Waals surface area contributed by atoms with Crippen LogP contribution in [-0.2, 0) is 11.2 Å². The molecule has 23 heavy (non-hydrogen) atoms. The molecule has 126 valence electrons. The van der Waals surface area contributed by atoms with E-state index in [0.29, 0.717) is 11.7 Å². The van der Waals surface area contributed by atoms with Crippen molar-refractivity contribution in [3.8, 4) is 0 Å². The molecule has 0 aliphatic heterocycles. The second kappa shape index (κ2) is 8.28. The van der Waals surface area contributed by atoms with Crippen LogP contribution in [0.3, 0.4) is 0 Å². The topological polar surface area (TPSA) is 46.2 Å². The fourth-order valence-corrected chi connectivity index (χ4v) is 3.35. The second-order valence-corrected chi connectivity index (χ2v) is 7.04. The van der Waals surface area contributed by atoms with Crippen molar-refractivity contribution in [1.29, 1.82) is 0 Å². The highest BCUT2D eigenvalue weighted by molar-refractivity contribution is 5.94. The number of aryl methyl sites for hydroxylation is 1. The van der Waals surface area contributed by atoms with Gasteiger partial charge in [-0.25, -0.2) is 0 Å². The fraction of sp³-hybridized carbons (Fsp3) is 0.600. The second-order valence-electron chi connectivity index (χ2n) is 7.04. The van der Waals surface area contributed by atoms with Crippen LogP contribution in [0, 0.1) is 17.8 Å². The number of carbonyl (C=O) groups is 2. The minimum Gasteiger partial charge on any atom is -0.352 e. The Labute approximate surface area is 139 Å². The maximum absolute atomic E-state index is 12.2. The normalized spacial score (nSPS) is 21.2. The number of hydrogen-bond acceptors (Lipinski definition) is 2. The highest BCUT2D eigenvalue weighted by Crippen LogP contribution is 2.30. The van der Waals surface area contributed by atoms with Crippen LogP contribution < -0.4 is 5.32 Å². The average molecular weight is 315 g/mol. The summed E-state index contributed by atoms with van der Waals surface area (Å²) in [5, 5.41) is 3.05. The van der Waals surface area contributed by atoms with E-state index < -0.39 is 0 Å². The van der Waals surface area contributed by atoms with Crippen LogP contribution in [-0.4, -0.2) is 18.2 Å². The van der Waals surface area contributed by atoms with Gasteiger partial charge < -0.3 is 5.32 Å². The van der Waals surface area contributed by atoms with Gasteiger partial charge in [-0.2, -0.15) is 0 Å². The van der Waals surface area contributed by atoms with Crippen LogP contribution in [0.5, 0.6) is 0 Å². The summed E-state index contributed by atoms with van der Waals surface area (Å²) in [6.07, 6.45) is 5.02. The molecular formula is C20H29NO2. The molecule has 1 saturated carbocycles. The van der Waals surface area contributed by atoms with E-state index in [1.165, 1.54) is 5.56 Å². The van der Waals surface area contributed by atoms with Gasteiger partial charge in [-0.3, -0.25) is 9.59 Å². The van der Waals surface area contributed by atoms with E-state index in [2.05, 4.69) is 12.2 Å². The summed E-state index contributed by atoms with van der Waals surface area (Å²) in [6, 6.07) is 7.81. The van der Waals surface area contributed by atoms with Gasteiger partial charge in [0.05, 0.1) is 0 Å². The summed E-state index contributed by atoms with van der Waals surface area (Å²) in [4.78, 5) is 24.2. The van der Waals surface area contributed by atoms with Crippen LogP contribution in [0.1, 0.15) is 62.4 Å².